The van der Waals surface area contributed by atoms with Crippen LogP contribution in [-0.4, -0.2) is 20.9 Å². The zero-order valence-corrected chi connectivity index (χ0v) is 16.7. The van der Waals surface area contributed by atoms with Gasteiger partial charge in [0.05, 0.1) is 16.9 Å². The fraction of sp³-hybridized carbons (Fsp3) is 0.250. The molecule has 0 aliphatic heterocycles. The summed E-state index contributed by atoms with van der Waals surface area (Å²) in [5, 5.41) is 10.9. The predicted molar refractivity (Wildman–Crippen MR) is 104 cm³/mol. The van der Waals surface area contributed by atoms with Crippen LogP contribution < -0.4 is 5.32 Å². The molecule has 0 spiro atoms. The van der Waals surface area contributed by atoms with Crippen LogP contribution in [0.3, 0.4) is 0 Å². The highest BCUT2D eigenvalue weighted by Gasteiger charge is 2.34. The van der Waals surface area contributed by atoms with Gasteiger partial charge in [0.15, 0.2) is 5.69 Å². The molecule has 0 saturated heterocycles. The van der Waals surface area contributed by atoms with Crippen molar-refractivity contribution in [3.05, 3.63) is 75.5 Å². The molecule has 3 aromatic rings. The molecule has 1 N–H and O–H groups in total. The van der Waals surface area contributed by atoms with Crippen molar-refractivity contribution in [2.45, 2.75) is 31.5 Å². The quantitative estimate of drug-likeness (QED) is 0.586. The molecule has 150 valence electrons. The highest BCUT2D eigenvalue weighted by molar-refractivity contribution is 9.10. The summed E-state index contributed by atoms with van der Waals surface area (Å²) in [6.07, 6.45) is -2.54. The maximum atomic E-state index is 12.9. The summed E-state index contributed by atoms with van der Waals surface area (Å²) >= 11 is 3.39. The average molecular weight is 465 g/mol. The van der Waals surface area contributed by atoms with Crippen LogP contribution in [0.15, 0.2) is 53.0 Å². The van der Waals surface area contributed by atoms with Crippen molar-refractivity contribution in [3.8, 4) is 5.69 Å². The van der Waals surface area contributed by atoms with E-state index in [4.69, 9.17) is 0 Å². The third-order valence-corrected chi connectivity index (χ3v) is 5.19. The molecule has 0 unspecified atom stereocenters. The van der Waals surface area contributed by atoms with Gasteiger partial charge < -0.3 is 5.32 Å². The van der Waals surface area contributed by atoms with E-state index in [1.54, 1.807) is 4.68 Å². The fourth-order valence-electron chi connectivity index (χ4n) is 3.07. The lowest BCUT2D eigenvalue weighted by Gasteiger charge is -2.10. The van der Waals surface area contributed by atoms with Crippen LogP contribution in [0, 0.1) is 0 Å². The van der Waals surface area contributed by atoms with Crippen molar-refractivity contribution in [2.24, 2.45) is 0 Å². The molecule has 0 bridgehead atoms. The molecule has 1 aliphatic carbocycles. The van der Waals surface area contributed by atoms with Gasteiger partial charge in [-0.1, -0.05) is 33.3 Å². The number of rotatable bonds is 5. The smallest absolute Gasteiger partial charge is 0.347 e. The summed E-state index contributed by atoms with van der Waals surface area (Å²) in [5.41, 5.74) is 1.35. The van der Waals surface area contributed by atoms with E-state index in [9.17, 15) is 18.0 Å². The molecule has 0 atom stereocenters. The zero-order valence-electron chi connectivity index (χ0n) is 15.1. The molecule has 29 heavy (non-hydrogen) atoms. The van der Waals surface area contributed by atoms with Gasteiger partial charge in [-0.25, -0.2) is 4.68 Å². The first-order valence-corrected chi connectivity index (χ1v) is 9.78. The van der Waals surface area contributed by atoms with E-state index < -0.39 is 17.6 Å². The van der Waals surface area contributed by atoms with Gasteiger partial charge in [-0.05, 0) is 54.8 Å². The van der Waals surface area contributed by atoms with Crippen molar-refractivity contribution >= 4 is 21.8 Å². The summed E-state index contributed by atoms with van der Waals surface area (Å²) < 4.78 is 41.2. The highest BCUT2D eigenvalue weighted by Crippen LogP contribution is 2.42. The number of hydrogen-bond acceptors (Lipinski definition) is 3. The number of carbonyl (C=O) groups is 1. The fourth-order valence-corrected chi connectivity index (χ4v) is 3.33. The van der Waals surface area contributed by atoms with Gasteiger partial charge in [-0.3, -0.25) is 4.79 Å². The summed E-state index contributed by atoms with van der Waals surface area (Å²) in [5.74, 6) is -0.254. The Kier molecular flexibility index (Phi) is 5.16. The number of alkyl halides is 3. The van der Waals surface area contributed by atoms with Gasteiger partial charge in [0, 0.05) is 16.9 Å². The number of amides is 1. The predicted octanol–water partition coefficient (Wildman–Crippen LogP) is 4.86. The number of nitrogens with one attached hydrogen (secondary N) is 1. The molecule has 9 heteroatoms. The van der Waals surface area contributed by atoms with E-state index in [0.717, 1.165) is 40.8 Å². The van der Waals surface area contributed by atoms with Crippen molar-refractivity contribution in [3.63, 3.8) is 0 Å². The summed E-state index contributed by atoms with van der Waals surface area (Å²) in [4.78, 5) is 12.7. The zero-order chi connectivity index (χ0) is 20.6. The van der Waals surface area contributed by atoms with Gasteiger partial charge >= 0.3 is 6.18 Å². The molecular formula is C20H16BrF3N4O. The second-order valence-corrected chi connectivity index (χ2v) is 7.78. The van der Waals surface area contributed by atoms with E-state index in [2.05, 4.69) is 31.6 Å². The van der Waals surface area contributed by atoms with Crippen LogP contribution in [-0.2, 0) is 12.7 Å². The molecule has 1 aromatic heterocycles. The average Bonchev–Trinajstić information content (AvgIpc) is 3.44. The molecule has 0 radical (unpaired) electrons. The van der Waals surface area contributed by atoms with Crippen molar-refractivity contribution in [2.75, 3.05) is 0 Å². The Bertz CT molecular complexity index is 1040. The van der Waals surface area contributed by atoms with Crippen LogP contribution in [0.25, 0.3) is 5.69 Å². The minimum absolute atomic E-state index is 0.0298. The van der Waals surface area contributed by atoms with Crippen LogP contribution in [0.4, 0.5) is 13.2 Å². The van der Waals surface area contributed by atoms with E-state index in [1.807, 2.05) is 24.3 Å². The monoisotopic (exact) mass is 464 g/mol. The molecule has 1 amide bonds. The lowest BCUT2D eigenvalue weighted by atomic mass is 10.1. The van der Waals surface area contributed by atoms with E-state index in [-0.39, 0.29) is 18.2 Å². The van der Waals surface area contributed by atoms with Crippen molar-refractivity contribution in [1.82, 2.24) is 20.3 Å². The maximum absolute atomic E-state index is 12.9. The maximum Gasteiger partial charge on any atom is 0.416 e. The van der Waals surface area contributed by atoms with Crippen LogP contribution in [0.1, 0.15) is 46.1 Å². The number of halogens is 4. The van der Waals surface area contributed by atoms with Gasteiger partial charge in [0.1, 0.15) is 0 Å². The van der Waals surface area contributed by atoms with Crippen LogP contribution in [0.5, 0.6) is 0 Å². The third kappa shape index (κ3) is 4.34. The Labute approximate surface area is 173 Å². The number of aromatic nitrogens is 3. The number of nitrogens with zero attached hydrogens (tertiary/aromatic N) is 3. The normalized spacial score (nSPS) is 14.1. The lowest BCUT2D eigenvalue weighted by Crippen LogP contribution is -2.24. The standard InChI is InChI=1S/C20H16BrF3N4O/c21-15-6-8-16(9-7-15)28-18(13-4-5-13)17(26-27-28)19(29)25-11-12-2-1-3-14(10-12)20(22,23)24/h1-3,6-10,13H,4-5,11H2,(H,25,29). The number of carbonyl (C=O) groups excluding carboxylic acids is 1. The molecule has 5 nitrogen and oxygen atoms in total. The summed E-state index contributed by atoms with van der Waals surface area (Å²) in [7, 11) is 0. The molecular weight excluding hydrogens is 449 g/mol. The first-order chi connectivity index (χ1) is 13.8. The van der Waals surface area contributed by atoms with Crippen molar-refractivity contribution in [1.29, 1.82) is 0 Å². The number of hydrogen-bond donors (Lipinski definition) is 1. The Hall–Kier alpha value is -2.68. The lowest BCUT2D eigenvalue weighted by molar-refractivity contribution is -0.137. The van der Waals surface area contributed by atoms with E-state index >= 15 is 0 Å². The first kappa shape index (κ1) is 19.6. The molecule has 4 rings (SSSR count). The minimum atomic E-state index is -4.42. The Morgan fingerprint density at radius 2 is 1.90 bits per heavy atom. The van der Waals surface area contributed by atoms with Crippen molar-refractivity contribution < 1.29 is 18.0 Å². The van der Waals surface area contributed by atoms with Gasteiger partial charge in [-0.15, -0.1) is 5.10 Å². The minimum Gasteiger partial charge on any atom is -0.347 e. The second-order valence-electron chi connectivity index (χ2n) is 6.87. The van der Waals surface area contributed by atoms with Crippen LogP contribution in [0.2, 0.25) is 0 Å². The Morgan fingerprint density at radius 3 is 2.55 bits per heavy atom. The van der Waals surface area contributed by atoms with Gasteiger partial charge in [0.25, 0.3) is 5.91 Å². The van der Waals surface area contributed by atoms with Gasteiger partial charge in [0.2, 0.25) is 0 Å². The molecule has 1 saturated carbocycles. The molecule has 1 heterocycles. The highest BCUT2D eigenvalue weighted by atomic mass is 79.9. The second kappa shape index (κ2) is 7.62. The Balaban J connectivity index is 1.54. The SMILES string of the molecule is O=C(NCc1cccc(C(F)(F)F)c1)c1nnn(-c2ccc(Br)cc2)c1C1CC1. The van der Waals surface area contributed by atoms with E-state index in [0.29, 0.717) is 5.56 Å². The summed E-state index contributed by atoms with van der Waals surface area (Å²) in [6.45, 7) is -0.0298. The topological polar surface area (TPSA) is 59.8 Å². The van der Waals surface area contributed by atoms with Gasteiger partial charge in [-0.2, -0.15) is 13.2 Å². The molecule has 1 aliphatic rings. The Morgan fingerprint density at radius 1 is 1.17 bits per heavy atom. The van der Waals surface area contributed by atoms with Crippen LogP contribution >= 0.6 is 15.9 Å². The van der Waals surface area contributed by atoms with E-state index in [1.165, 1.54) is 12.1 Å². The first-order valence-electron chi connectivity index (χ1n) is 8.99. The third-order valence-electron chi connectivity index (χ3n) is 4.66. The largest absolute Gasteiger partial charge is 0.416 e. The number of benzene rings is 2. The molecule has 1 fully saturated rings. The summed E-state index contributed by atoms with van der Waals surface area (Å²) in [6, 6.07) is 12.4. The molecule has 2 aromatic carbocycles.